The van der Waals surface area contributed by atoms with Crippen LogP contribution in [0.5, 0.6) is 5.75 Å². The second kappa shape index (κ2) is 10.3. The zero-order valence-corrected chi connectivity index (χ0v) is 18.2. The maximum atomic E-state index is 12.5. The molecule has 2 aromatic carbocycles. The summed E-state index contributed by atoms with van der Waals surface area (Å²) in [5.41, 5.74) is 3.47. The molecule has 2 heterocycles. The maximum absolute atomic E-state index is 12.5. The number of rotatable bonds is 8. The van der Waals surface area contributed by atoms with E-state index in [1.54, 1.807) is 11.3 Å². The summed E-state index contributed by atoms with van der Waals surface area (Å²) in [6, 6.07) is 20.0. The van der Waals surface area contributed by atoms with E-state index in [9.17, 15) is 9.59 Å². The van der Waals surface area contributed by atoms with Gasteiger partial charge in [0.2, 0.25) is 5.91 Å². The van der Waals surface area contributed by atoms with Gasteiger partial charge in [-0.05, 0) is 40.6 Å². The van der Waals surface area contributed by atoms with Crippen LogP contribution in [-0.4, -0.2) is 36.4 Å². The van der Waals surface area contributed by atoms with E-state index in [2.05, 4.69) is 28.9 Å². The molecule has 0 atom stereocenters. The van der Waals surface area contributed by atoms with E-state index in [4.69, 9.17) is 4.74 Å². The number of benzene rings is 2. The number of para-hydroxylation sites is 1. The van der Waals surface area contributed by atoms with Gasteiger partial charge in [0.05, 0.1) is 0 Å². The van der Waals surface area contributed by atoms with Gasteiger partial charge in [-0.1, -0.05) is 48.5 Å². The van der Waals surface area contributed by atoms with Crippen LogP contribution in [0.2, 0.25) is 0 Å². The number of fused-ring (bicyclic) bond motifs is 1. The van der Waals surface area contributed by atoms with Crippen molar-refractivity contribution in [1.29, 1.82) is 0 Å². The van der Waals surface area contributed by atoms with E-state index in [0.717, 1.165) is 24.9 Å². The van der Waals surface area contributed by atoms with Crippen molar-refractivity contribution in [3.05, 3.63) is 87.6 Å². The van der Waals surface area contributed by atoms with Gasteiger partial charge in [0.15, 0.2) is 6.61 Å². The third kappa shape index (κ3) is 5.73. The predicted molar refractivity (Wildman–Crippen MR) is 122 cm³/mol. The molecule has 1 aliphatic heterocycles. The summed E-state index contributed by atoms with van der Waals surface area (Å²) in [6.45, 7) is 1.68. The van der Waals surface area contributed by atoms with E-state index in [1.165, 1.54) is 16.0 Å². The second-order valence-electron chi connectivity index (χ2n) is 7.59. The lowest BCUT2D eigenvalue weighted by Gasteiger charge is -2.27. The molecule has 0 saturated carbocycles. The summed E-state index contributed by atoms with van der Waals surface area (Å²) >= 11 is 1.76. The van der Waals surface area contributed by atoms with Crippen molar-refractivity contribution in [2.24, 2.45) is 0 Å². The minimum atomic E-state index is -0.221. The molecule has 0 spiro atoms. The Morgan fingerprint density at radius 3 is 2.71 bits per heavy atom. The fraction of sp³-hybridized carbons (Fsp3) is 0.280. The van der Waals surface area contributed by atoms with Crippen molar-refractivity contribution in [3.8, 4) is 5.75 Å². The predicted octanol–water partition coefficient (Wildman–Crippen LogP) is 3.81. The molecule has 1 N–H and O–H groups in total. The van der Waals surface area contributed by atoms with E-state index >= 15 is 0 Å². The number of carbonyl (C=O) groups excluding carboxylic acids is 2. The maximum Gasteiger partial charge on any atom is 0.257 e. The summed E-state index contributed by atoms with van der Waals surface area (Å²) in [5, 5.41) is 4.88. The van der Waals surface area contributed by atoms with Crippen LogP contribution < -0.4 is 10.1 Å². The summed E-state index contributed by atoms with van der Waals surface area (Å²) in [7, 11) is 0. The number of nitrogens with zero attached hydrogens (tertiary/aromatic N) is 1. The first kappa shape index (κ1) is 21.1. The molecule has 0 bridgehead atoms. The third-order valence-electron chi connectivity index (χ3n) is 5.39. The quantitative estimate of drug-likeness (QED) is 0.587. The third-order valence-corrected chi connectivity index (χ3v) is 6.41. The van der Waals surface area contributed by atoms with Gasteiger partial charge < -0.3 is 15.0 Å². The lowest BCUT2D eigenvalue weighted by Crippen LogP contribution is -2.38. The fourth-order valence-electron chi connectivity index (χ4n) is 3.73. The molecule has 4 rings (SSSR count). The Hall–Kier alpha value is -3.12. The van der Waals surface area contributed by atoms with E-state index in [-0.39, 0.29) is 18.4 Å². The standard InChI is InChI=1S/C25H26N2O3S/c28-24(26-13-10-25(29)27-14-11-23-21(17-27)12-15-31-23)18-30-22-9-5-4-8-20(22)16-19-6-2-1-3-7-19/h1-9,12,15H,10-11,13-14,16-18H2,(H,26,28). The number of nitrogens with one attached hydrogen (secondary N) is 1. The van der Waals surface area contributed by atoms with Gasteiger partial charge in [-0.15, -0.1) is 11.3 Å². The smallest absolute Gasteiger partial charge is 0.257 e. The minimum Gasteiger partial charge on any atom is -0.483 e. The van der Waals surface area contributed by atoms with E-state index in [1.807, 2.05) is 47.4 Å². The van der Waals surface area contributed by atoms with Crippen molar-refractivity contribution in [3.63, 3.8) is 0 Å². The van der Waals surface area contributed by atoms with E-state index < -0.39 is 0 Å². The fourth-order valence-corrected chi connectivity index (χ4v) is 4.62. The normalized spacial score (nSPS) is 12.8. The first-order valence-corrected chi connectivity index (χ1v) is 11.4. The van der Waals surface area contributed by atoms with Crippen LogP contribution in [0.25, 0.3) is 0 Å². The van der Waals surface area contributed by atoms with Crippen molar-refractivity contribution < 1.29 is 14.3 Å². The average molecular weight is 435 g/mol. The van der Waals surface area contributed by atoms with Crippen LogP contribution >= 0.6 is 11.3 Å². The summed E-state index contributed by atoms with van der Waals surface area (Å²) in [6.07, 6.45) is 1.96. The molecule has 31 heavy (non-hydrogen) atoms. The summed E-state index contributed by atoms with van der Waals surface area (Å²) < 4.78 is 5.77. The van der Waals surface area contributed by atoms with Gasteiger partial charge in [0.1, 0.15) is 5.75 Å². The Bertz CT molecular complexity index is 1030. The van der Waals surface area contributed by atoms with Gasteiger partial charge in [0.25, 0.3) is 5.91 Å². The van der Waals surface area contributed by atoms with Gasteiger partial charge in [-0.3, -0.25) is 9.59 Å². The molecular formula is C25H26N2O3S. The molecule has 2 amide bonds. The monoisotopic (exact) mass is 434 g/mol. The minimum absolute atomic E-state index is 0.0675. The number of hydrogen-bond acceptors (Lipinski definition) is 4. The lowest BCUT2D eigenvalue weighted by atomic mass is 10.0. The zero-order chi connectivity index (χ0) is 21.5. The summed E-state index contributed by atoms with van der Waals surface area (Å²) in [5.74, 6) is 0.560. The summed E-state index contributed by atoms with van der Waals surface area (Å²) in [4.78, 5) is 27.9. The molecule has 0 saturated heterocycles. The molecule has 6 heteroatoms. The van der Waals surface area contributed by atoms with Gasteiger partial charge >= 0.3 is 0 Å². The average Bonchev–Trinajstić information content (AvgIpc) is 3.27. The Balaban J connectivity index is 1.21. The van der Waals surface area contributed by atoms with Crippen molar-refractivity contribution in [2.75, 3.05) is 19.7 Å². The molecular weight excluding hydrogens is 408 g/mol. The molecule has 160 valence electrons. The number of carbonyl (C=O) groups is 2. The molecule has 0 radical (unpaired) electrons. The molecule has 5 nitrogen and oxygen atoms in total. The Labute approximate surface area is 186 Å². The highest BCUT2D eigenvalue weighted by atomic mass is 32.1. The number of thiophene rings is 1. The van der Waals surface area contributed by atoms with Gasteiger partial charge in [-0.25, -0.2) is 0 Å². The largest absolute Gasteiger partial charge is 0.483 e. The molecule has 0 unspecified atom stereocenters. The molecule has 1 aliphatic rings. The highest BCUT2D eigenvalue weighted by Crippen LogP contribution is 2.24. The highest BCUT2D eigenvalue weighted by Gasteiger charge is 2.21. The van der Waals surface area contributed by atoms with Crippen molar-refractivity contribution >= 4 is 23.2 Å². The van der Waals surface area contributed by atoms with Crippen LogP contribution in [0.3, 0.4) is 0 Å². The topological polar surface area (TPSA) is 58.6 Å². The molecule has 0 fully saturated rings. The Morgan fingerprint density at radius 1 is 1.03 bits per heavy atom. The van der Waals surface area contributed by atoms with Crippen LogP contribution in [0, 0.1) is 0 Å². The Morgan fingerprint density at radius 2 is 1.84 bits per heavy atom. The van der Waals surface area contributed by atoms with Crippen molar-refractivity contribution in [1.82, 2.24) is 10.2 Å². The first-order valence-electron chi connectivity index (χ1n) is 10.5. The van der Waals surface area contributed by atoms with Crippen molar-refractivity contribution in [2.45, 2.75) is 25.8 Å². The molecule has 3 aromatic rings. The number of ether oxygens (including phenoxy) is 1. The first-order chi connectivity index (χ1) is 15.2. The van der Waals surface area contributed by atoms with E-state index in [0.29, 0.717) is 25.3 Å². The highest BCUT2D eigenvalue weighted by molar-refractivity contribution is 7.10. The number of hydrogen-bond donors (Lipinski definition) is 1. The van der Waals surface area contributed by atoms with Gasteiger partial charge in [0, 0.05) is 37.4 Å². The number of amides is 2. The van der Waals surface area contributed by atoms with Crippen LogP contribution in [0.1, 0.15) is 28.0 Å². The zero-order valence-electron chi connectivity index (χ0n) is 17.4. The molecule has 0 aliphatic carbocycles. The Kier molecular flexibility index (Phi) is 6.99. The molecule has 1 aromatic heterocycles. The van der Waals surface area contributed by atoms with Crippen LogP contribution in [-0.2, 0) is 29.0 Å². The van der Waals surface area contributed by atoms with Gasteiger partial charge in [-0.2, -0.15) is 0 Å². The second-order valence-corrected chi connectivity index (χ2v) is 8.59. The van der Waals surface area contributed by atoms with Crippen LogP contribution in [0.15, 0.2) is 66.0 Å². The SMILES string of the molecule is O=C(COc1ccccc1Cc1ccccc1)NCCC(=O)N1CCc2sccc2C1. The van der Waals surface area contributed by atoms with Crippen LogP contribution in [0.4, 0.5) is 0 Å². The lowest BCUT2D eigenvalue weighted by molar-refractivity contribution is -0.132.